The van der Waals surface area contributed by atoms with Gasteiger partial charge in [-0.15, -0.1) is 0 Å². The minimum atomic E-state index is -0.680. The summed E-state index contributed by atoms with van der Waals surface area (Å²) < 4.78 is 16.4. The molecule has 39 heavy (non-hydrogen) atoms. The predicted octanol–water partition coefficient (Wildman–Crippen LogP) is 1.42. The lowest BCUT2D eigenvalue weighted by Gasteiger charge is -2.29. The fourth-order valence-electron chi connectivity index (χ4n) is 4.25. The first kappa shape index (κ1) is 30.1. The van der Waals surface area contributed by atoms with E-state index < -0.39 is 23.6 Å². The number of benzene rings is 1. The van der Waals surface area contributed by atoms with Crippen molar-refractivity contribution in [3.63, 3.8) is 0 Å². The third-order valence-electron chi connectivity index (χ3n) is 6.10. The Balaban J connectivity index is 1.60. The fraction of sp³-hybridized carbons (Fsp3) is 0.571. The molecule has 3 N–H and O–H groups in total. The molecule has 2 heterocycles. The van der Waals surface area contributed by atoms with Gasteiger partial charge in [0.15, 0.2) is 0 Å². The van der Waals surface area contributed by atoms with Crippen LogP contribution in [0, 0.1) is 11.8 Å². The molecule has 2 aliphatic rings. The molecule has 1 fully saturated rings. The highest BCUT2D eigenvalue weighted by Gasteiger charge is 2.39. The van der Waals surface area contributed by atoms with Crippen LogP contribution in [0.5, 0.6) is 0 Å². The van der Waals surface area contributed by atoms with Crippen molar-refractivity contribution in [1.29, 1.82) is 0 Å². The van der Waals surface area contributed by atoms with E-state index in [9.17, 15) is 19.2 Å². The van der Waals surface area contributed by atoms with Gasteiger partial charge in [0.1, 0.15) is 11.6 Å². The van der Waals surface area contributed by atoms with E-state index >= 15 is 0 Å². The van der Waals surface area contributed by atoms with Crippen LogP contribution in [0.3, 0.4) is 0 Å². The number of amides is 4. The van der Waals surface area contributed by atoms with E-state index in [1.807, 2.05) is 26.8 Å². The summed E-state index contributed by atoms with van der Waals surface area (Å²) in [7, 11) is 0. The zero-order valence-corrected chi connectivity index (χ0v) is 22.9. The van der Waals surface area contributed by atoms with Crippen LogP contribution in [0.2, 0.25) is 0 Å². The number of nitrogens with two attached hydrogens (primary N) is 1. The number of nitrogens with one attached hydrogen (secondary N) is 1. The van der Waals surface area contributed by atoms with E-state index in [-0.39, 0.29) is 24.8 Å². The summed E-state index contributed by atoms with van der Waals surface area (Å²) >= 11 is 0. The Morgan fingerprint density at radius 1 is 1.13 bits per heavy atom. The van der Waals surface area contributed by atoms with Gasteiger partial charge in [0.25, 0.3) is 5.91 Å². The summed E-state index contributed by atoms with van der Waals surface area (Å²) in [6.45, 7) is 8.43. The van der Waals surface area contributed by atoms with Gasteiger partial charge in [0, 0.05) is 50.1 Å². The van der Waals surface area contributed by atoms with Crippen LogP contribution in [0.1, 0.15) is 61.5 Å². The monoisotopic (exact) mass is 542 g/mol. The SMILES string of the molecule is CC(C)(C)OC(=O)N(CCC#Cc1cccc2c1CN(C1CCC(=O)NC1=O)C2=O)CCOCCOCCN. The second kappa shape index (κ2) is 14.1. The van der Waals surface area contributed by atoms with Gasteiger partial charge in [0.2, 0.25) is 11.8 Å². The molecule has 2 aliphatic heterocycles. The van der Waals surface area contributed by atoms with E-state index in [4.69, 9.17) is 19.9 Å². The molecule has 1 atom stereocenters. The summed E-state index contributed by atoms with van der Waals surface area (Å²) in [6, 6.07) is 4.63. The minimum absolute atomic E-state index is 0.199. The lowest BCUT2D eigenvalue weighted by atomic mass is 10.0. The average Bonchev–Trinajstić information content (AvgIpc) is 3.20. The highest BCUT2D eigenvalue weighted by atomic mass is 16.6. The number of piperidine rings is 1. The Kier molecular flexibility index (Phi) is 10.9. The summed E-state index contributed by atoms with van der Waals surface area (Å²) in [5.74, 6) is 5.21. The number of imide groups is 1. The number of carbonyl (C=O) groups is 4. The second-order valence-corrected chi connectivity index (χ2v) is 10.3. The number of rotatable bonds is 11. The molecule has 0 saturated carbocycles. The Morgan fingerprint density at radius 3 is 2.56 bits per heavy atom. The van der Waals surface area contributed by atoms with Crippen LogP contribution >= 0.6 is 0 Å². The number of nitrogens with zero attached hydrogens (tertiary/aromatic N) is 2. The van der Waals surface area contributed by atoms with Gasteiger partial charge in [0.05, 0.1) is 26.4 Å². The second-order valence-electron chi connectivity index (χ2n) is 10.3. The van der Waals surface area contributed by atoms with E-state index in [1.54, 1.807) is 17.0 Å². The minimum Gasteiger partial charge on any atom is -0.444 e. The molecule has 1 saturated heterocycles. The Labute approximate surface area is 229 Å². The molecule has 11 heteroatoms. The standard InChI is InChI=1S/C28H38N4O7/c1-28(2,3)39-27(36)31(14-16-38-18-17-37-15-12-29)13-5-4-7-20-8-6-9-21-22(20)19-32(26(21)35)23-10-11-24(33)30-25(23)34/h6,8-9,23H,5,10-19,29H2,1-3H3,(H,30,33,34). The first-order chi connectivity index (χ1) is 18.6. The third-order valence-corrected chi connectivity index (χ3v) is 6.10. The summed E-state index contributed by atoms with van der Waals surface area (Å²) in [4.78, 5) is 52.6. The zero-order chi connectivity index (χ0) is 28.4. The normalized spacial score (nSPS) is 16.9. The fourth-order valence-corrected chi connectivity index (χ4v) is 4.25. The van der Waals surface area contributed by atoms with Gasteiger partial charge >= 0.3 is 6.09 Å². The van der Waals surface area contributed by atoms with Crippen molar-refractivity contribution < 1.29 is 33.4 Å². The molecule has 3 rings (SSSR count). The molecule has 0 aliphatic carbocycles. The zero-order valence-electron chi connectivity index (χ0n) is 22.9. The third kappa shape index (κ3) is 8.78. The highest BCUT2D eigenvalue weighted by molar-refractivity contribution is 6.05. The maximum atomic E-state index is 13.0. The highest BCUT2D eigenvalue weighted by Crippen LogP contribution is 2.29. The molecule has 0 radical (unpaired) electrons. The average molecular weight is 543 g/mol. The van der Waals surface area contributed by atoms with Crippen molar-refractivity contribution in [2.24, 2.45) is 5.73 Å². The maximum absolute atomic E-state index is 13.0. The maximum Gasteiger partial charge on any atom is 0.410 e. The van der Waals surface area contributed by atoms with Crippen LogP contribution in [-0.4, -0.2) is 91.3 Å². The quantitative estimate of drug-likeness (QED) is 0.243. The van der Waals surface area contributed by atoms with E-state index in [1.165, 1.54) is 4.90 Å². The van der Waals surface area contributed by atoms with Crippen molar-refractivity contribution in [2.45, 2.75) is 58.2 Å². The van der Waals surface area contributed by atoms with E-state index in [2.05, 4.69) is 17.2 Å². The lowest BCUT2D eigenvalue weighted by Crippen LogP contribution is -2.52. The molecule has 11 nitrogen and oxygen atoms in total. The molecule has 1 aromatic rings. The van der Waals surface area contributed by atoms with Gasteiger partial charge in [-0.2, -0.15) is 0 Å². The number of hydrogen-bond donors (Lipinski definition) is 2. The van der Waals surface area contributed by atoms with Crippen molar-refractivity contribution in [3.8, 4) is 11.8 Å². The molecule has 0 bridgehead atoms. The van der Waals surface area contributed by atoms with Crippen molar-refractivity contribution in [1.82, 2.24) is 15.1 Å². The van der Waals surface area contributed by atoms with E-state index in [0.717, 1.165) is 5.56 Å². The van der Waals surface area contributed by atoms with Crippen LogP contribution in [-0.2, 0) is 30.3 Å². The van der Waals surface area contributed by atoms with E-state index in [0.29, 0.717) is 70.0 Å². The van der Waals surface area contributed by atoms with Gasteiger partial charge < -0.3 is 29.7 Å². The van der Waals surface area contributed by atoms with Crippen LogP contribution in [0.15, 0.2) is 18.2 Å². The Bertz CT molecular complexity index is 1120. The predicted molar refractivity (Wildman–Crippen MR) is 142 cm³/mol. The van der Waals surface area contributed by atoms with Crippen molar-refractivity contribution >= 4 is 23.8 Å². The summed E-state index contributed by atoms with van der Waals surface area (Å²) in [5.41, 5.74) is 6.72. The number of hydrogen-bond acceptors (Lipinski definition) is 8. The van der Waals surface area contributed by atoms with Crippen LogP contribution in [0.4, 0.5) is 4.79 Å². The van der Waals surface area contributed by atoms with Crippen molar-refractivity contribution in [3.05, 3.63) is 34.9 Å². The number of carbonyl (C=O) groups excluding carboxylic acids is 4. The molecule has 0 aromatic heterocycles. The molecular formula is C28H38N4O7. The number of fused-ring (bicyclic) bond motifs is 1. The van der Waals surface area contributed by atoms with Crippen molar-refractivity contribution in [2.75, 3.05) is 46.1 Å². The molecular weight excluding hydrogens is 504 g/mol. The molecule has 0 spiro atoms. The van der Waals surface area contributed by atoms with Gasteiger partial charge in [-0.3, -0.25) is 19.7 Å². The molecule has 1 aromatic carbocycles. The van der Waals surface area contributed by atoms with Crippen LogP contribution < -0.4 is 11.1 Å². The smallest absolute Gasteiger partial charge is 0.410 e. The lowest BCUT2D eigenvalue weighted by molar-refractivity contribution is -0.136. The summed E-state index contributed by atoms with van der Waals surface area (Å²) in [6.07, 6.45) is 0.437. The largest absolute Gasteiger partial charge is 0.444 e. The number of ether oxygens (including phenoxy) is 3. The van der Waals surface area contributed by atoms with Gasteiger partial charge in [-0.05, 0) is 44.9 Å². The molecule has 212 valence electrons. The van der Waals surface area contributed by atoms with Gasteiger partial charge in [-0.1, -0.05) is 17.9 Å². The van der Waals surface area contributed by atoms with Gasteiger partial charge in [-0.25, -0.2) is 4.79 Å². The Morgan fingerprint density at radius 2 is 1.87 bits per heavy atom. The Hall–Kier alpha value is -3.46. The summed E-state index contributed by atoms with van der Waals surface area (Å²) in [5, 5.41) is 2.31. The van der Waals surface area contributed by atoms with Crippen LogP contribution in [0.25, 0.3) is 0 Å². The first-order valence-corrected chi connectivity index (χ1v) is 13.2. The topological polar surface area (TPSA) is 141 Å². The molecule has 1 unspecified atom stereocenters. The molecule has 4 amide bonds. The first-order valence-electron chi connectivity index (χ1n) is 13.2.